The first kappa shape index (κ1) is 76.9. The zero-order valence-electron chi connectivity index (χ0n) is 53.7. The monoisotopic (exact) mass is 1110 g/mol. The van der Waals surface area contributed by atoms with E-state index in [4.69, 9.17) is 14.2 Å². The van der Waals surface area contributed by atoms with Crippen LogP contribution in [0.4, 0.5) is 0 Å². The summed E-state index contributed by atoms with van der Waals surface area (Å²) in [6.07, 6.45) is 83.7. The fourth-order valence-electron chi connectivity index (χ4n) is 11.1. The van der Waals surface area contributed by atoms with Crippen molar-refractivity contribution < 1.29 is 28.6 Å². The van der Waals surface area contributed by atoms with Crippen molar-refractivity contribution >= 4 is 17.9 Å². The molecule has 0 amide bonds. The maximum absolute atomic E-state index is 12.9. The zero-order valence-corrected chi connectivity index (χ0v) is 53.7. The smallest absolute Gasteiger partial charge is 0.306 e. The molecule has 0 aliphatic rings. The summed E-state index contributed by atoms with van der Waals surface area (Å²) in [4.78, 5) is 38.4. The first-order chi connectivity index (χ1) is 39.0. The zero-order chi connectivity index (χ0) is 57.1. The van der Waals surface area contributed by atoms with Crippen LogP contribution in [0.1, 0.15) is 406 Å². The van der Waals surface area contributed by atoms with Gasteiger partial charge in [-0.05, 0) is 44.9 Å². The number of carbonyl (C=O) groups excluding carboxylic acids is 3. The Hall–Kier alpha value is -2.11. The fraction of sp³-hybridized carbons (Fsp3) is 0.904. The molecule has 0 heterocycles. The predicted octanol–water partition coefficient (Wildman–Crippen LogP) is 24.6. The Labute approximate surface area is 493 Å². The van der Waals surface area contributed by atoms with Crippen LogP contribution in [0.15, 0.2) is 24.3 Å². The van der Waals surface area contributed by atoms with Crippen molar-refractivity contribution in [1.29, 1.82) is 0 Å². The minimum Gasteiger partial charge on any atom is -0.462 e. The number of allylic oxidation sites excluding steroid dienone is 4. The van der Waals surface area contributed by atoms with Crippen molar-refractivity contribution in [2.45, 2.75) is 412 Å². The average molecular weight is 1110 g/mol. The van der Waals surface area contributed by atoms with E-state index < -0.39 is 6.10 Å². The molecule has 0 spiro atoms. The SMILES string of the molecule is CCC/C=C\C/C=C\CCCCCCCC(=O)OCC(COC(=O)CCCCCCCCCCCCCCCCCCCCCCCCCCCCCCC)OC(=O)CCCCCCCCCCCCCCCCCCCCC. The number of rotatable bonds is 67. The molecule has 79 heavy (non-hydrogen) atoms. The molecule has 466 valence electrons. The van der Waals surface area contributed by atoms with Crippen molar-refractivity contribution in [3.8, 4) is 0 Å². The molecule has 0 saturated carbocycles. The van der Waals surface area contributed by atoms with Crippen LogP contribution >= 0.6 is 0 Å². The van der Waals surface area contributed by atoms with Crippen LogP contribution in [0, 0.1) is 0 Å². The Morgan fingerprint density at radius 3 is 0.747 bits per heavy atom. The molecule has 0 aromatic heterocycles. The van der Waals surface area contributed by atoms with Gasteiger partial charge in [0.15, 0.2) is 6.10 Å². The van der Waals surface area contributed by atoms with Crippen LogP contribution < -0.4 is 0 Å². The fourth-order valence-corrected chi connectivity index (χ4v) is 11.1. The third-order valence-corrected chi connectivity index (χ3v) is 16.4. The van der Waals surface area contributed by atoms with Crippen molar-refractivity contribution in [2.75, 3.05) is 13.2 Å². The Kier molecular flexibility index (Phi) is 66.6. The molecule has 0 fully saturated rings. The van der Waals surface area contributed by atoms with Gasteiger partial charge >= 0.3 is 17.9 Å². The number of ether oxygens (including phenoxy) is 3. The summed E-state index contributed by atoms with van der Waals surface area (Å²) in [7, 11) is 0. The van der Waals surface area contributed by atoms with Gasteiger partial charge in [0.2, 0.25) is 0 Å². The second-order valence-electron chi connectivity index (χ2n) is 24.5. The molecule has 0 aliphatic heterocycles. The summed E-state index contributed by atoms with van der Waals surface area (Å²) in [5.74, 6) is -0.852. The highest BCUT2D eigenvalue weighted by Gasteiger charge is 2.19. The molecule has 0 aromatic rings. The van der Waals surface area contributed by atoms with E-state index in [0.29, 0.717) is 19.3 Å². The minimum absolute atomic E-state index is 0.0694. The summed E-state index contributed by atoms with van der Waals surface area (Å²) in [5, 5.41) is 0. The quantitative estimate of drug-likeness (QED) is 0.0261. The lowest BCUT2D eigenvalue weighted by atomic mass is 10.0. The summed E-state index contributed by atoms with van der Waals surface area (Å²) >= 11 is 0. The molecule has 0 rings (SSSR count). The maximum atomic E-state index is 12.9. The highest BCUT2D eigenvalue weighted by Crippen LogP contribution is 2.19. The minimum atomic E-state index is -0.774. The molecule has 0 aromatic carbocycles. The standard InChI is InChI=1S/C73H138O6/c1-4-7-10-13-16-19-22-25-27-29-31-32-33-34-35-36-37-38-39-40-42-43-45-48-51-54-57-60-63-66-72(75)78-69-70(68-77-71(74)65-62-59-56-53-50-47-24-21-18-15-12-9-6-3)79-73(76)67-64-61-58-55-52-49-46-44-41-30-28-26-23-20-17-14-11-8-5-2/h12,15,21,24,70H,4-11,13-14,16-20,22-23,25-69H2,1-3H3/b15-12-,24-21-. The summed E-state index contributed by atoms with van der Waals surface area (Å²) in [6, 6.07) is 0. The lowest BCUT2D eigenvalue weighted by molar-refractivity contribution is -0.167. The number of esters is 3. The first-order valence-electron chi connectivity index (χ1n) is 35.8. The third kappa shape index (κ3) is 66.6. The van der Waals surface area contributed by atoms with E-state index in [2.05, 4.69) is 45.1 Å². The van der Waals surface area contributed by atoms with Gasteiger partial charge in [0.25, 0.3) is 0 Å². The molecule has 6 heteroatoms. The Morgan fingerprint density at radius 2 is 0.481 bits per heavy atom. The van der Waals surface area contributed by atoms with Crippen molar-refractivity contribution in [2.24, 2.45) is 0 Å². The summed E-state index contributed by atoms with van der Waals surface area (Å²) < 4.78 is 17.0. The Bertz CT molecular complexity index is 1270. The Balaban J connectivity index is 4.15. The Morgan fingerprint density at radius 1 is 0.253 bits per heavy atom. The molecule has 1 unspecified atom stereocenters. The summed E-state index contributed by atoms with van der Waals surface area (Å²) in [6.45, 7) is 6.65. The van der Waals surface area contributed by atoms with E-state index in [-0.39, 0.29) is 31.1 Å². The lowest BCUT2D eigenvalue weighted by Gasteiger charge is -2.18. The van der Waals surface area contributed by atoms with Gasteiger partial charge in [0.1, 0.15) is 13.2 Å². The van der Waals surface area contributed by atoms with Crippen LogP contribution in [0.25, 0.3) is 0 Å². The van der Waals surface area contributed by atoms with Gasteiger partial charge < -0.3 is 14.2 Å². The number of hydrogen-bond donors (Lipinski definition) is 0. The van der Waals surface area contributed by atoms with Gasteiger partial charge in [-0.1, -0.05) is 366 Å². The summed E-state index contributed by atoms with van der Waals surface area (Å²) in [5.41, 5.74) is 0. The molecule has 0 N–H and O–H groups in total. The average Bonchev–Trinajstić information content (AvgIpc) is 3.45. The largest absolute Gasteiger partial charge is 0.462 e. The van der Waals surface area contributed by atoms with Gasteiger partial charge in [-0.3, -0.25) is 14.4 Å². The molecule has 0 radical (unpaired) electrons. The number of unbranched alkanes of at least 4 members (excludes halogenated alkanes) is 52. The normalized spacial score (nSPS) is 12.1. The van der Waals surface area contributed by atoms with E-state index >= 15 is 0 Å². The molecule has 0 saturated heterocycles. The lowest BCUT2D eigenvalue weighted by Crippen LogP contribution is -2.30. The maximum Gasteiger partial charge on any atom is 0.306 e. The molecule has 6 nitrogen and oxygen atoms in total. The van der Waals surface area contributed by atoms with Gasteiger partial charge in [-0.2, -0.15) is 0 Å². The van der Waals surface area contributed by atoms with Crippen LogP contribution in [0.5, 0.6) is 0 Å². The van der Waals surface area contributed by atoms with Crippen LogP contribution in [0.2, 0.25) is 0 Å². The molecular weight excluding hydrogens is 973 g/mol. The molecular formula is C73H138O6. The van der Waals surface area contributed by atoms with Crippen molar-refractivity contribution in [3.05, 3.63) is 24.3 Å². The van der Waals surface area contributed by atoms with Gasteiger partial charge in [0.05, 0.1) is 0 Å². The van der Waals surface area contributed by atoms with Gasteiger partial charge in [0, 0.05) is 19.3 Å². The van der Waals surface area contributed by atoms with Gasteiger partial charge in [-0.25, -0.2) is 0 Å². The van der Waals surface area contributed by atoms with E-state index in [9.17, 15) is 14.4 Å². The van der Waals surface area contributed by atoms with Crippen LogP contribution in [-0.4, -0.2) is 37.2 Å². The van der Waals surface area contributed by atoms with Crippen molar-refractivity contribution in [1.82, 2.24) is 0 Å². The highest BCUT2D eigenvalue weighted by atomic mass is 16.6. The molecule has 0 bridgehead atoms. The molecule has 0 aliphatic carbocycles. The number of hydrogen-bond acceptors (Lipinski definition) is 6. The van der Waals surface area contributed by atoms with E-state index in [1.54, 1.807) is 0 Å². The predicted molar refractivity (Wildman–Crippen MR) is 344 cm³/mol. The van der Waals surface area contributed by atoms with Crippen LogP contribution in [0.3, 0.4) is 0 Å². The van der Waals surface area contributed by atoms with E-state index in [1.807, 2.05) is 0 Å². The topological polar surface area (TPSA) is 78.9 Å². The van der Waals surface area contributed by atoms with Crippen molar-refractivity contribution in [3.63, 3.8) is 0 Å². The van der Waals surface area contributed by atoms with E-state index in [0.717, 1.165) is 83.5 Å². The van der Waals surface area contributed by atoms with Crippen LogP contribution in [-0.2, 0) is 28.6 Å². The van der Waals surface area contributed by atoms with E-state index in [1.165, 1.54) is 283 Å². The highest BCUT2D eigenvalue weighted by molar-refractivity contribution is 5.71. The van der Waals surface area contributed by atoms with Gasteiger partial charge in [-0.15, -0.1) is 0 Å². The third-order valence-electron chi connectivity index (χ3n) is 16.4. The number of carbonyl (C=O) groups is 3. The second-order valence-corrected chi connectivity index (χ2v) is 24.5. The second kappa shape index (κ2) is 68.4. The first-order valence-corrected chi connectivity index (χ1v) is 35.8. The molecule has 1 atom stereocenters.